The molecule has 1 fully saturated rings. The molecular formula is C21H22FNO3S. The molecule has 1 amide bonds. The number of hydrogen-bond acceptors (Lipinski definition) is 4. The molecule has 27 heavy (non-hydrogen) atoms. The molecule has 0 aliphatic carbocycles. The number of nitrogens with zero attached hydrogens (tertiary/aromatic N) is 1. The zero-order valence-electron chi connectivity index (χ0n) is 15.3. The van der Waals surface area contributed by atoms with Crippen LogP contribution in [0.15, 0.2) is 54.6 Å². The van der Waals surface area contributed by atoms with E-state index in [9.17, 15) is 14.0 Å². The van der Waals surface area contributed by atoms with Gasteiger partial charge < -0.3 is 9.64 Å². The third-order valence-corrected chi connectivity index (χ3v) is 5.57. The number of carbonyl (C=O) groups excluding carboxylic acids is 2. The van der Waals surface area contributed by atoms with Crippen LogP contribution >= 0.6 is 11.8 Å². The maximum atomic E-state index is 13.2. The van der Waals surface area contributed by atoms with Crippen LogP contribution in [-0.4, -0.2) is 35.2 Å². The Labute approximate surface area is 162 Å². The van der Waals surface area contributed by atoms with Crippen LogP contribution in [0.1, 0.15) is 35.1 Å². The number of benzene rings is 2. The Morgan fingerprint density at radius 3 is 2.44 bits per heavy atom. The monoisotopic (exact) mass is 387 g/mol. The van der Waals surface area contributed by atoms with Gasteiger partial charge in [-0.15, -0.1) is 11.8 Å². The van der Waals surface area contributed by atoms with Gasteiger partial charge in [-0.3, -0.25) is 4.79 Å². The summed E-state index contributed by atoms with van der Waals surface area (Å²) in [5.41, 5.74) is 1.29. The summed E-state index contributed by atoms with van der Waals surface area (Å²) in [6.07, 6.45) is 0. The van der Waals surface area contributed by atoms with E-state index in [2.05, 4.69) is 0 Å². The molecule has 2 aromatic carbocycles. The summed E-state index contributed by atoms with van der Waals surface area (Å²) in [6.45, 7) is 4.24. The first-order chi connectivity index (χ1) is 13.0. The number of esters is 1. The molecule has 0 N–H and O–H groups in total. The lowest BCUT2D eigenvalue weighted by molar-refractivity contribution is -0.149. The van der Waals surface area contributed by atoms with Gasteiger partial charge in [-0.25, -0.2) is 9.18 Å². The Bertz CT molecular complexity index is 795. The van der Waals surface area contributed by atoms with Crippen molar-refractivity contribution in [1.29, 1.82) is 0 Å². The van der Waals surface area contributed by atoms with E-state index in [4.69, 9.17) is 4.74 Å². The Morgan fingerprint density at radius 1 is 1.15 bits per heavy atom. The van der Waals surface area contributed by atoms with Gasteiger partial charge in [-0.05, 0) is 35.7 Å². The maximum absolute atomic E-state index is 13.2. The lowest BCUT2D eigenvalue weighted by Gasteiger charge is -2.29. The number of hydrogen-bond donors (Lipinski definition) is 0. The molecule has 1 aliphatic rings. The number of amides is 1. The van der Waals surface area contributed by atoms with E-state index in [0.717, 1.165) is 5.56 Å². The van der Waals surface area contributed by atoms with E-state index in [1.54, 1.807) is 4.90 Å². The predicted octanol–water partition coefficient (Wildman–Crippen LogP) is 4.28. The van der Waals surface area contributed by atoms with Crippen LogP contribution in [0.4, 0.5) is 4.39 Å². The van der Waals surface area contributed by atoms with Crippen molar-refractivity contribution in [2.24, 2.45) is 5.92 Å². The first-order valence-corrected chi connectivity index (χ1v) is 9.93. The average Bonchev–Trinajstić information content (AvgIpc) is 3.12. The molecule has 0 aromatic heterocycles. The summed E-state index contributed by atoms with van der Waals surface area (Å²) < 4.78 is 18.6. The highest BCUT2D eigenvalue weighted by atomic mass is 32.2. The van der Waals surface area contributed by atoms with Crippen molar-refractivity contribution in [3.8, 4) is 0 Å². The molecular weight excluding hydrogens is 365 g/mol. The second-order valence-corrected chi connectivity index (χ2v) is 7.97. The van der Waals surface area contributed by atoms with E-state index < -0.39 is 17.8 Å². The third-order valence-electron chi connectivity index (χ3n) is 4.24. The van der Waals surface area contributed by atoms with Crippen molar-refractivity contribution in [1.82, 2.24) is 4.90 Å². The summed E-state index contributed by atoms with van der Waals surface area (Å²) >= 11 is 1.53. The van der Waals surface area contributed by atoms with Crippen molar-refractivity contribution < 1.29 is 18.7 Å². The predicted molar refractivity (Wildman–Crippen MR) is 104 cm³/mol. The number of ether oxygens (including phenoxy) is 1. The molecule has 2 aromatic rings. The summed E-state index contributed by atoms with van der Waals surface area (Å²) in [4.78, 5) is 27.4. The van der Waals surface area contributed by atoms with E-state index in [0.29, 0.717) is 17.9 Å². The van der Waals surface area contributed by atoms with Crippen LogP contribution < -0.4 is 0 Å². The van der Waals surface area contributed by atoms with Crippen molar-refractivity contribution in [2.45, 2.75) is 25.3 Å². The summed E-state index contributed by atoms with van der Waals surface area (Å²) in [7, 11) is 0. The smallest absolute Gasteiger partial charge is 0.329 e. The quantitative estimate of drug-likeness (QED) is 0.719. The van der Waals surface area contributed by atoms with Gasteiger partial charge in [0.15, 0.2) is 0 Å². The van der Waals surface area contributed by atoms with Crippen molar-refractivity contribution in [2.75, 3.05) is 12.4 Å². The normalized spacial score (nSPS) is 19.3. The molecule has 142 valence electrons. The van der Waals surface area contributed by atoms with Crippen LogP contribution in [-0.2, 0) is 9.53 Å². The highest BCUT2D eigenvalue weighted by Gasteiger charge is 2.43. The van der Waals surface area contributed by atoms with E-state index >= 15 is 0 Å². The summed E-state index contributed by atoms with van der Waals surface area (Å²) in [6, 6.07) is 14.3. The van der Waals surface area contributed by atoms with Gasteiger partial charge in [0.1, 0.15) is 17.2 Å². The van der Waals surface area contributed by atoms with Gasteiger partial charge in [0, 0.05) is 11.3 Å². The van der Waals surface area contributed by atoms with Crippen LogP contribution in [0.25, 0.3) is 0 Å². The van der Waals surface area contributed by atoms with Gasteiger partial charge in [0.25, 0.3) is 5.91 Å². The van der Waals surface area contributed by atoms with E-state index in [1.807, 2.05) is 44.2 Å². The third kappa shape index (κ3) is 4.50. The molecule has 3 rings (SSSR count). The first kappa shape index (κ1) is 19.4. The Kier molecular flexibility index (Phi) is 6.16. The second kappa shape index (κ2) is 8.57. The van der Waals surface area contributed by atoms with E-state index in [-0.39, 0.29) is 17.2 Å². The zero-order valence-corrected chi connectivity index (χ0v) is 16.1. The van der Waals surface area contributed by atoms with Gasteiger partial charge in [0.2, 0.25) is 0 Å². The molecule has 6 heteroatoms. The van der Waals surface area contributed by atoms with Crippen molar-refractivity contribution in [3.63, 3.8) is 0 Å². The maximum Gasteiger partial charge on any atom is 0.329 e. The van der Waals surface area contributed by atoms with Crippen LogP contribution in [0.3, 0.4) is 0 Å². The lowest BCUT2D eigenvalue weighted by atomic mass is 10.1. The zero-order chi connectivity index (χ0) is 19.4. The van der Waals surface area contributed by atoms with Crippen molar-refractivity contribution in [3.05, 3.63) is 71.5 Å². The number of rotatable bonds is 5. The minimum atomic E-state index is -0.670. The first-order valence-electron chi connectivity index (χ1n) is 8.89. The molecule has 1 heterocycles. The van der Waals surface area contributed by atoms with E-state index in [1.165, 1.54) is 36.0 Å². The number of carbonyl (C=O) groups is 2. The number of thioether (sulfide) groups is 1. The molecule has 0 saturated carbocycles. The molecule has 1 saturated heterocycles. The van der Waals surface area contributed by atoms with Gasteiger partial charge >= 0.3 is 5.97 Å². The minimum absolute atomic E-state index is 0.217. The molecule has 2 atom stereocenters. The Morgan fingerprint density at radius 2 is 1.81 bits per heavy atom. The topological polar surface area (TPSA) is 46.6 Å². The average molecular weight is 387 g/mol. The van der Waals surface area contributed by atoms with Crippen LogP contribution in [0, 0.1) is 11.7 Å². The molecule has 0 bridgehead atoms. The Balaban J connectivity index is 1.90. The minimum Gasteiger partial charge on any atom is -0.464 e. The molecule has 1 aliphatic heterocycles. The molecule has 0 radical (unpaired) electrons. The second-order valence-electron chi connectivity index (χ2n) is 6.86. The molecule has 0 spiro atoms. The highest BCUT2D eigenvalue weighted by Crippen LogP contribution is 2.42. The lowest BCUT2D eigenvalue weighted by Crippen LogP contribution is -2.44. The molecule has 2 unspecified atom stereocenters. The standard InChI is InChI=1S/C21H22FNO3S/c1-14(2)12-26-21(25)18-13-27-20(16-6-4-3-5-7-16)23(18)19(24)15-8-10-17(22)11-9-15/h3-11,14,18,20H,12-13H2,1-2H3. The molecule has 4 nitrogen and oxygen atoms in total. The fourth-order valence-electron chi connectivity index (χ4n) is 2.90. The Hall–Kier alpha value is -2.34. The van der Waals surface area contributed by atoms with Gasteiger partial charge in [-0.1, -0.05) is 44.2 Å². The fourth-order valence-corrected chi connectivity index (χ4v) is 4.31. The number of halogens is 1. The summed E-state index contributed by atoms with van der Waals surface area (Å²) in [5.74, 6) is -0.432. The van der Waals surface area contributed by atoms with Gasteiger partial charge in [-0.2, -0.15) is 0 Å². The van der Waals surface area contributed by atoms with Crippen molar-refractivity contribution >= 4 is 23.6 Å². The van der Waals surface area contributed by atoms with Crippen LogP contribution in [0.5, 0.6) is 0 Å². The summed E-state index contributed by atoms with van der Waals surface area (Å²) in [5, 5.41) is -0.291. The van der Waals surface area contributed by atoms with Crippen LogP contribution in [0.2, 0.25) is 0 Å². The fraction of sp³-hybridized carbons (Fsp3) is 0.333. The largest absolute Gasteiger partial charge is 0.464 e. The van der Waals surface area contributed by atoms with Gasteiger partial charge in [0.05, 0.1) is 6.61 Å². The highest BCUT2D eigenvalue weighted by molar-refractivity contribution is 7.99. The SMILES string of the molecule is CC(C)COC(=O)C1CSC(c2ccccc2)N1C(=O)c1ccc(F)cc1.